The van der Waals surface area contributed by atoms with E-state index in [0.717, 1.165) is 83.5 Å². The van der Waals surface area contributed by atoms with Gasteiger partial charge in [0.2, 0.25) is 0 Å². The van der Waals surface area contributed by atoms with E-state index < -0.39 is 6.10 Å². The fourth-order valence-corrected chi connectivity index (χ4v) is 5.84. The molecule has 0 aromatic heterocycles. The third-order valence-electron chi connectivity index (χ3n) is 9.38. The molecule has 1 unspecified atom stereocenters. The van der Waals surface area contributed by atoms with Gasteiger partial charge in [-0.05, 0) is 77.0 Å². The minimum atomic E-state index is -0.818. The highest BCUT2D eigenvalue weighted by molar-refractivity contribution is 5.71. The van der Waals surface area contributed by atoms with Crippen LogP contribution in [-0.4, -0.2) is 37.2 Å². The molecule has 0 saturated heterocycles. The molecule has 61 heavy (non-hydrogen) atoms. The van der Waals surface area contributed by atoms with Gasteiger partial charge in [-0.1, -0.05) is 212 Å². The SMILES string of the molecule is CC\C=C/C=C\C=C/C=C\C=C\C=C/C=C\CCCCCC(=O)OCC(COC(=O)CCC/C=C\CCCCCC)OC(=O)CCCCCCCCC\C=C/C=C\C=C/CC. The summed E-state index contributed by atoms with van der Waals surface area (Å²) < 4.78 is 16.6. The van der Waals surface area contributed by atoms with Gasteiger partial charge in [-0.3, -0.25) is 14.4 Å². The summed E-state index contributed by atoms with van der Waals surface area (Å²) >= 11 is 0. The maximum Gasteiger partial charge on any atom is 0.306 e. The molecule has 0 aliphatic carbocycles. The van der Waals surface area contributed by atoms with Crippen LogP contribution in [0, 0.1) is 0 Å². The Labute approximate surface area is 373 Å². The van der Waals surface area contributed by atoms with Gasteiger partial charge in [0, 0.05) is 19.3 Å². The lowest BCUT2D eigenvalue weighted by atomic mass is 10.1. The highest BCUT2D eigenvalue weighted by Crippen LogP contribution is 2.12. The highest BCUT2D eigenvalue weighted by Gasteiger charge is 2.19. The molecule has 0 aromatic carbocycles. The maximum atomic E-state index is 12.7. The molecule has 0 spiro atoms. The molecule has 0 N–H and O–H groups in total. The molecule has 0 bridgehead atoms. The smallest absolute Gasteiger partial charge is 0.306 e. The topological polar surface area (TPSA) is 78.9 Å². The van der Waals surface area contributed by atoms with Crippen LogP contribution in [0.25, 0.3) is 0 Å². The number of carbonyl (C=O) groups is 3. The average Bonchev–Trinajstić information content (AvgIpc) is 3.26. The number of hydrogen-bond donors (Lipinski definition) is 0. The number of allylic oxidation sites excluding steroid dienone is 22. The van der Waals surface area contributed by atoms with Crippen molar-refractivity contribution in [1.82, 2.24) is 0 Å². The van der Waals surface area contributed by atoms with Crippen LogP contribution in [0.2, 0.25) is 0 Å². The van der Waals surface area contributed by atoms with E-state index in [4.69, 9.17) is 14.2 Å². The summed E-state index contributed by atoms with van der Waals surface area (Å²) in [5.41, 5.74) is 0. The first-order chi connectivity index (χ1) is 30.0. The Morgan fingerprint density at radius 3 is 1.13 bits per heavy atom. The molecule has 1 atom stereocenters. The van der Waals surface area contributed by atoms with Crippen LogP contribution in [-0.2, 0) is 28.6 Å². The molecule has 0 aliphatic rings. The van der Waals surface area contributed by atoms with Gasteiger partial charge in [0.05, 0.1) is 0 Å². The third kappa shape index (κ3) is 46.5. The van der Waals surface area contributed by atoms with Gasteiger partial charge in [0.25, 0.3) is 0 Å². The van der Waals surface area contributed by atoms with Crippen molar-refractivity contribution in [1.29, 1.82) is 0 Å². The Balaban J connectivity index is 4.52. The van der Waals surface area contributed by atoms with Crippen LogP contribution in [0.4, 0.5) is 0 Å². The monoisotopic (exact) mass is 841 g/mol. The minimum absolute atomic E-state index is 0.119. The quantitative estimate of drug-likeness (QED) is 0.0201. The molecule has 0 heterocycles. The first-order valence-corrected chi connectivity index (χ1v) is 23.8. The van der Waals surface area contributed by atoms with Crippen LogP contribution in [0.3, 0.4) is 0 Å². The van der Waals surface area contributed by atoms with Crippen molar-refractivity contribution in [2.75, 3.05) is 13.2 Å². The van der Waals surface area contributed by atoms with Gasteiger partial charge >= 0.3 is 17.9 Å². The second-order valence-electron chi connectivity index (χ2n) is 15.1. The van der Waals surface area contributed by atoms with Crippen LogP contribution in [0.5, 0.6) is 0 Å². The molecule has 0 aliphatic heterocycles. The highest BCUT2D eigenvalue weighted by atomic mass is 16.6. The molecular weight excluding hydrogens is 757 g/mol. The van der Waals surface area contributed by atoms with Gasteiger partial charge in [-0.25, -0.2) is 0 Å². The molecule has 0 rings (SSSR count). The fraction of sp³-hybridized carbons (Fsp3) is 0.545. The van der Waals surface area contributed by atoms with Gasteiger partial charge in [0.1, 0.15) is 13.2 Å². The molecule has 340 valence electrons. The van der Waals surface area contributed by atoms with Crippen molar-refractivity contribution in [2.45, 2.75) is 181 Å². The zero-order chi connectivity index (χ0) is 44.4. The molecule has 0 radical (unpaired) electrons. The third-order valence-corrected chi connectivity index (χ3v) is 9.38. The number of ether oxygens (including phenoxy) is 3. The normalized spacial score (nSPS) is 13.3. The summed E-state index contributed by atoms with van der Waals surface area (Å²) in [4.78, 5) is 37.8. The Morgan fingerprint density at radius 2 is 0.672 bits per heavy atom. The van der Waals surface area contributed by atoms with E-state index in [1.54, 1.807) is 0 Å². The van der Waals surface area contributed by atoms with Crippen molar-refractivity contribution in [3.05, 3.63) is 134 Å². The van der Waals surface area contributed by atoms with Crippen LogP contribution in [0.1, 0.15) is 175 Å². The first kappa shape index (κ1) is 56.5. The number of carbonyl (C=O) groups excluding carboxylic acids is 3. The zero-order valence-corrected chi connectivity index (χ0v) is 38.6. The molecule has 0 fully saturated rings. The Morgan fingerprint density at radius 1 is 0.344 bits per heavy atom. The van der Waals surface area contributed by atoms with Crippen LogP contribution in [0.15, 0.2) is 134 Å². The lowest BCUT2D eigenvalue weighted by Gasteiger charge is -2.18. The lowest BCUT2D eigenvalue weighted by Crippen LogP contribution is -2.30. The molecule has 6 heteroatoms. The predicted octanol–water partition coefficient (Wildman–Crippen LogP) is 15.5. The zero-order valence-electron chi connectivity index (χ0n) is 38.6. The van der Waals surface area contributed by atoms with Gasteiger partial charge in [-0.2, -0.15) is 0 Å². The van der Waals surface area contributed by atoms with Crippen molar-refractivity contribution >= 4 is 17.9 Å². The summed E-state index contributed by atoms with van der Waals surface area (Å²) in [7, 11) is 0. The van der Waals surface area contributed by atoms with Gasteiger partial charge < -0.3 is 14.2 Å². The summed E-state index contributed by atoms with van der Waals surface area (Å²) in [6.07, 6.45) is 67.2. The molecule has 0 aromatic rings. The van der Waals surface area contributed by atoms with E-state index in [-0.39, 0.29) is 31.1 Å². The van der Waals surface area contributed by atoms with E-state index >= 15 is 0 Å². The molecule has 0 amide bonds. The molecule has 6 nitrogen and oxygen atoms in total. The van der Waals surface area contributed by atoms with E-state index in [0.29, 0.717) is 25.7 Å². The predicted molar refractivity (Wildman–Crippen MR) is 260 cm³/mol. The van der Waals surface area contributed by atoms with Crippen molar-refractivity contribution in [2.24, 2.45) is 0 Å². The first-order valence-electron chi connectivity index (χ1n) is 23.8. The van der Waals surface area contributed by atoms with Crippen molar-refractivity contribution < 1.29 is 28.6 Å². The molecule has 0 saturated carbocycles. The largest absolute Gasteiger partial charge is 0.462 e. The summed E-state index contributed by atoms with van der Waals surface area (Å²) in [6.45, 7) is 6.22. The van der Waals surface area contributed by atoms with Crippen LogP contribution < -0.4 is 0 Å². The van der Waals surface area contributed by atoms with E-state index in [9.17, 15) is 14.4 Å². The Bertz CT molecular complexity index is 1380. The number of rotatable bonds is 40. The van der Waals surface area contributed by atoms with Crippen molar-refractivity contribution in [3.8, 4) is 0 Å². The average molecular weight is 841 g/mol. The van der Waals surface area contributed by atoms with Crippen molar-refractivity contribution in [3.63, 3.8) is 0 Å². The van der Waals surface area contributed by atoms with Gasteiger partial charge in [0.15, 0.2) is 6.10 Å². The second-order valence-corrected chi connectivity index (χ2v) is 15.1. The maximum absolute atomic E-state index is 12.7. The summed E-state index contributed by atoms with van der Waals surface area (Å²) in [5.74, 6) is -1.02. The Hall–Kier alpha value is -4.45. The lowest BCUT2D eigenvalue weighted by molar-refractivity contribution is -0.167. The molecular formula is C55H84O6. The van der Waals surface area contributed by atoms with Crippen LogP contribution >= 0.6 is 0 Å². The Kier molecular flexibility index (Phi) is 44.7. The number of hydrogen-bond acceptors (Lipinski definition) is 6. The van der Waals surface area contributed by atoms with E-state index in [2.05, 4.69) is 81.5 Å². The summed E-state index contributed by atoms with van der Waals surface area (Å²) in [6, 6.07) is 0. The number of unbranched alkanes of at least 4 members (excludes halogenated alkanes) is 15. The van der Waals surface area contributed by atoms with Gasteiger partial charge in [-0.15, -0.1) is 0 Å². The van der Waals surface area contributed by atoms with E-state index in [1.807, 2.05) is 72.9 Å². The summed E-state index contributed by atoms with van der Waals surface area (Å²) in [5, 5.41) is 0. The minimum Gasteiger partial charge on any atom is -0.462 e. The standard InChI is InChI=1S/C55H84O6/c1-4-7-10-13-16-19-21-23-25-26-27-28-30-31-33-36-39-42-45-48-54(57)60-51-52(50-59-53(56)47-44-41-38-35-18-15-12-9-6-3)61-55(58)49-46-43-40-37-34-32-29-24-22-20-17-14-11-8-5-2/h7-8,10-11,13-14,16-17,19-23,25-28,30-31,33,35,38,52H,4-6,9,12,15,18,24,29,32,34,36-37,39-51H2,1-3H3/b10-7-,11-8-,16-13-,17-14-,21-19-,22-20-,25-23-,27-26+,30-28-,33-31-,38-35-. The fourth-order valence-electron chi connectivity index (χ4n) is 5.84. The van der Waals surface area contributed by atoms with E-state index in [1.165, 1.54) is 44.9 Å². The number of esters is 3. The second kappa shape index (κ2) is 48.2.